The van der Waals surface area contributed by atoms with Crippen molar-refractivity contribution in [3.63, 3.8) is 0 Å². The van der Waals surface area contributed by atoms with Crippen LogP contribution in [0.3, 0.4) is 0 Å². The van der Waals surface area contributed by atoms with Crippen molar-refractivity contribution in [3.8, 4) is 17.2 Å². The van der Waals surface area contributed by atoms with Gasteiger partial charge in [0.25, 0.3) is 0 Å². The molecule has 0 radical (unpaired) electrons. The molecule has 1 unspecified atom stereocenters. The maximum atomic E-state index is 13.9. The Hall–Kier alpha value is -2.28. The second-order valence-electron chi connectivity index (χ2n) is 6.12. The number of amides is 1. The first-order chi connectivity index (χ1) is 13.4. The molecule has 0 bridgehead atoms. The van der Waals surface area contributed by atoms with E-state index in [-0.39, 0.29) is 24.1 Å². The molecule has 152 valence electrons. The van der Waals surface area contributed by atoms with Crippen molar-refractivity contribution in [1.29, 1.82) is 0 Å². The van der Waals surface area contributed by atoms with Crippen LogP contribution in [0.2, 0.25) is 0 Å². The van der Waals surface area contributed by atoms with Crippen LogP contribution in [-0.4, -0.2) is 26.2 Å². The van der Waals surface area contributed by atoms with Crippen LogP contribution < -0.4 is 19.5 Å². The number of hydrogen-bond acceptors (Lipinski definition) is 4. The molecule has 2 aromatic carbocycles. The quantitative estimate of drug-likeness (QED) is 0.591. The average Bonchev–Trinajstić information content (AvgIpc) is 2.65. The first-order valence-corrected chi connectivity index (χ1v) is 9.89. The van der Waals surface area contributed by atoms with E-state index in [9.17, 15) is 9.18 Å². The van der Waals surface area contributed by atoms with Crippen molar-refractivity contribution in [2.75, 3.05) is 20.3 Å². The zero-order valence-corrected chi connectivity index (χ0v) is 18.1. The van der Waals surface area contributed by atoms with E-state index < -0.39 is 5.82 Å². The molecule has 0 aromatic heterocycles. The standard InChI is InChI=1S/C21H25BrFNO4/c1-5-27-19-10-15(16(22)12-20(19)28-6-2)11-21(25)24-13(3)14-7-8-18(26-4)17(23)9-14/h7-10,12-13H,5-6,11H2,1-4H3,(H,24,25). The zero-order valence-electron chi connectivity index (χ0n) is 16.5. The van der Waals surface area contributed by atoms with Gasteiger partial charge in [0, 0.05) is 4.47 Å². The summed E-state index contributed by atoms with van der Waals surface area (Å²) in [5.74, 6) is 0.750. The molecule has 28 heavy (non-hydrogen) atoms. The molecule has 0 saturated heterocycles. The van der Waals surface area contributed by atoms with Crippen LogP contribution in [-0.2, 0) is 11.2 Å². The summed E-state index contributed by atoms with van der Waals surface area (Å²) in [4.78, 5) is 12.5. The van der Waals surface area contributed by atoms with E-state index in [1.807, 2.05) is 13.8 Å². The summed E-state index contributed by atoms with van der Waals surface area (Å²) in [6.07, 6.45) is 0.149. The smallest absolute Gasteiger partial charge is 0.224 e. The molecule has 1 atom stereocenters. The zero-order chi connectivity index (χ0) is 20.7. The van der Waals surface area contributed by atoms with Gasteiger partial charge < -0.3 is 19.5 Å². The predicted octanol–water partition coefficient (Wildman–Crippen LogP) is 4.81. The number of nitrogens with one attached hydrogen (secondary N) is 1. The minimum atomic E-state index is -0.461. The third kappa shape index (κ3) is 5.61. The molecule has 0 fully saturated rings. The molecule has 0 aliphatic rings. The third-order valence-corrected chi connectivity index (χ3v) is 4.85. The summed E-state index contributed by atoms with van der Waals surface area (Å²) < 4.78 is 30.8. The van der Waals surface area contributed by atoms with E-state index in [2.05, 4.69) is 21.2 Å². The van der Waals surface area contributed by atoms with E-state index in [1.54, 1.807) is 31.2 Å². The molecule has 0 aliphatic heterocycles. The number of carbonyl (C=O) groups is 1. The summed E-state index contributed by atoms with van der Waals surface area (Å²) in [6.45, 7) is 6.60. The van der Waals surface area contributed by atoms with Gasteiger partial charge in [-0.25, -0.2) is 4.39 Å². The van der Waals surface area contributed by atoms with Gasteiger partial charge in [0.15, 0.2) is 23.1 Å². The Morgan fingerprint density at radius 3 is 2.32 bits per heavy atom. The lowest BCUT2D eigenvalue weighted by molar-refractivity contribution is -0.121. The Balaban J connectivity index is 2.11. The number of hydrogen-bond donors (Lipinski definition) is 1. The topological polar surface area (TPSA) is 56.8 Å². The Labute approximate surface area is 173 Å². The summed E-state index contributed by atoms with van der Waals surface area (Å²) in [6, 6.07) is 7.90. The fourth-order valence-electron chi connectivity index (χ4n) is 2.75. The number of rotatable bonds is 9. The fourth-order valence-corrected chi connectivity index (χ4v) is 3.21. The van der Waals surface area contributed by atoms with Crippen molar-refractivity contribution in [2.24, 2.45) is 0 Å². The maximum Gasteiger partial charge on any atom is 0.224 e. The lowest BCUT2D eigenvalue weighted by atomic mass is 10.1. The lowest BCUT2D eigenvalue weighted by Gasteiger charge is -2.17. The number of ether oxygens (including phenoxy) is 3. The molecule has 0 spiro atoms. The molecule has 2 rings (SSSR count). The first-order valence-electron chi connectivity index (χ1n) is 9.10. The van der Waals surface area contributed by atoms with Crippen LogP contribution in [0.5, 0.6) is 17.2 Å². The normalized spacial score (nSPS) is 11.6. The molecule has 7 heteroatoms. The first kappa shape index (κ1) is 22.0. The van der Waals surface area contributed by atoms with E-state index in [4.69, 9.17) is 14.2 Å². The summed E-state index contributed by atoms with van der Waals surface area (Å²) >= 11 is 3.49. The SMILES string of the molecule is CCOc1cc(Br)c(CC(=O)NC(C)c2ccc(OC)c(F)c2)cc1OCC. The second-order valence-corrected chi connectivity index (χ2v) is 6.97. The highest BCUT2D eigenvalue weighted by Gasteiger charge is 2.16. The minimum absolute atomic E-state index is 0.149. The summed E-state index contributed by atoms with van der Waals surface area (Å²) in [5.41, 5.74) is 1.44. The summed E-state index contributed by atoms with van der Waals surface area (Å²) in [5, 5.41) is 2.89. The number of methoxy groups -OCH3 is 1. The third-order valence-electron chi connectivity index (χ3n) is 4.12. The molecule has 0 heterocycles. The van der Waals surface area contributed by atoms with Gasteiger partial charge in [-0.2, -0.15) is 0 Å². The molecular formula is C21H25BrFNO4. The Morgan fingerprint density at radius 1 is 1.11 bits per heavy atom. The van der Waals surface area contributed by atoms with Crippen molar-refractivity contribution in [2.45, 2.75) is 33.2 Å². The molecule has 2 aromatic rings. The van der Waals surface area contributed by atoms with E-state index in [1.165, 1.54) is 13.2 Å². The Kier molecular flexibility index (Phi) is 8.11. The monoisotopic (exact) mass is 453 g/mol. The largest absolute Gasteiger partial charge is 0.494 e. The molecule has 5 nitrogen and oxygen atoms in total. The van der Waals surface area contributed by atoms with Gasteiger partial charge in [-0.1, -0.05) is 22.0 Å². The minimum Gasteiger partial charge on any atom is -0.494 e. The van der Waals surface area contributed by atoms with Gasteiger partial charge in [0.2, 0.25) is 5.91 Å². The highest BCUT2D eigenvalue weighted by molar-refractivity contribution is 9.10. The highest BCUT2D eigenvalue weighted by Crippen LogP contribution is 2.34. The summed E-state index contributed by atoms with van der Waals surface area (Å²) in [7, 11) is 1.41. The van der Waals surface area contributed by atoms with Gasteiger partial charge in [-0.15, -0.1) is 0 Å². The predicted molar refractivity (Wildman–Crippen MR) is 110 cm³/mol. The van der Waals surface area contributed by atoms with Crippen LogP contribution >= 0.6 is 15.9 Å². The number of benzene rings is 2. The molecular weight excluding hydrogens is 429 g/mol. The van der Waals surface area contributed by atoms with Crippen molar-refractivity contribution in [3.05, 3.63) is 51.7 Å². The van der Waals surface area contributed by atoms with Crippen LogP contribution in [0.1, 0.15) is 37.9 Å². The number of carbonyl (C=O) groups excluding carboxylic acids is 1. The van der Waals surface area contributed by atoms with E-state index in [0.717, 1.165) is 10.0 Å². The molecule has 1 amide bonds. The van der Waals surface area contributed by atoms with Gasteiger partial charge in [0.1, 0.15) is 0 Å². The Bertz CT molecular complexity index is 828. The van der Waals surface area contributed by atoms with Gasteiger partial charge >= 0.3 is 0 Å². The van der Waals surface area contributed by atoms with Crippen molar-refractivity contribution >= 4 is 21.8 Å². The maximum absolute atomic E-state index is 13.9. The average molecular weight is 454 g/mol. The molecule has 0 aliphatic carbocycles. The van der Waals surface area contributed by atoms with Crippen LogP contribution in [0.4, 0.5) is 4.39 Å². The Morgan fingerprint density at radius 2 is 1.75 bits per heavy atom. The lowest BCUT2D eigenvalue weighted by Crippen LogP contribution is -2.28. The van der Waals surface area contributed by atoms with Gasteiger partial charge in [0.05, 0.1) is 32.8 Å². The van der Waals surface area contributed by atoms with Crippen molar-refractivity contribution in [1.82, 2.24) is 5.32 Å². The fraction of sp³-hybridized carbons (Fsp3) is 0.381. The van der Waals surface area contributed by atoms with Gasteiger partial charge in [-0.05, 0) is 56.2 Å². The van der Waals surface area contributed by atoms with Crippen LogP contribution in [0, 0.1) is 5.82 Å². The van der Waals surface area contributed by atoms with E-state index in [0.29, 0.717) is 30.3 Å². The van der Waals surface area contributed by atoms with Crippen LogP contribution in [0.25, 0.3) is 0 Å². The molecule has 0 saturated carbocycles. The molecule has 1 N–H and O–H groups in total. The van der Waals surface area contributed by atoms with E-state index >= 15 is 0 Å². The van der Waals surface area contributed by atoms with Crippen LogP contribution in [0.15, 0.2) is 34.8 Å². The number of halogens is 2. The van der Waals surface area contributed by atoms with Crippen molar-refractivity contribution < 1.29 is 23.4 Å². The highest BCUT2D eigenvalue weighted by atomic mass is 79.9. The van der Waals surface area contributed by atoms with Gasteiger partial charge in [-0.3, -0.25) is 4.79 Å². The second kappa shape index (κ2) is 10.3.